The van der Waals surface area contributed by atoms with Crippen LogP contribution in [0.15, 0.2) is 103 Å². The summed E-state index contributed by atoms with van der Waals surface area (Å²) >= 11 is 6.20. The van der Waals surface area contributed by atoms with Gasteiger partial charge in [0.05, 0.1) is 23.5 Å². The van der Waals surface area contributed by atoms with Crippen molar-refractivity contribution in [1.29, 1.82) is 0 Å². The minimum Gasteiger partial charge on any atom is -0.492 e. The highest BCUT2D eigenvalue weighted by atomic mass is 35.5. The van der Waals surface area contributed by atoms with Crippen molar-refractivity contribution in [2.24, 2.45) is 0 Å². The Labute approximate surface area is 305 Å². The summed E-state index contributed by atoms with van der Waals surface area (Å²) in [5, 5.41) is 0.630. The fourth-order valence-corrected chi connectivity index (χ4v) is 6.41. The lowest BCUT2D eigenvalue weighted by Gasteiger charge is -2.37. The van der Waals surface area contributed by atoms with E-state index >= 15 is 0 Å². The number of carbonyl (C=O) groups excluding carboxylic acids is 1. The lowest BCUT2D eigenvalue weighted by molar-refractivity contribution is -0.104. The zero-order valence-corrected chi connectivity index (χ0v) is 30.1. The summed E-state index contributed by atoms with van der Waals surface area (Å²) in [6.45, 7) is 11.3. The maximum atomic E-state index is 11.8. The number of para-hydroxylation sites is 1. The lowest BCUT2D eigenvalue weighted by atomic mass is 10.0. The van der Waals surface area contributed by atoms with E-state index in [0.29, 0.717) is 35.6 Å². The van der Waals surface area contributed by atoms with E-state index in [-0.39, 0.29) is 0 Å². The predicted molar refractivity (Wildman–Crippen MR) is 202 cm³/mol. The van der Waals surface area contributed by atoms with Crippen molar-refractivity contribution < 1.29 is 19.0 Å². The van der Waals surface area contributed by atoms with E-state index in [4.69, 9.17) is 25.8 Å². The molecular formula is C42H43ClN4O4. The number of aromatic nitrogens is 2. The van der Waals surface area contributed by atoms with Gasteiger partial charge in [0.25, 0.3) is 0 Å². The van der Waals surface area contributed by atoms with Crippen LogP contribution in [-0.2, 0) is 24.4 Å². The Morgan fingerprint density at radius 2 is 1.59 bits per heavy atom. The summed E-state index contributed by atoms with van der Waals surface area (Å²) in [6.07, 6.45) is 5.02. The molecular weight excluding hydrogens is 660 g/mol. The molecule has 0 unspecified atom stereocenters. The van der Waals surface area contributed by atoms with Crippen LogP contribution in [0.5, 0.6) is 23.1 Å². The first-order valence-electron chi connectivity index (χ1n) is 17.2. The van der Waals surface area contributed by atoms with E-state index in [1.807, 2.05) is 69.3 Å². The van der Waals surface area contributed by atoms with Crippen molar-refractivity contribution in [3.8, 4) is 23.1 Å². The number of rotatable bonds is 14. The van der Waals surface area contributed by atoms with E-state index in [9.17, 15) is 4.79 Å². The van der Waals surface area contributed by atoms with Gasteiger partial charge in [0.1, 0.15) is 30.1 Å². The zero-order chi connectivity index (χ0) is 35.6. The summed E-state index contributed by atoms with van der Waals surface area (Å²) in [5.41, 5.74) is 8.17. The first kappa shape index (κ1) is 35.6. The Kier molecular flexibility index (Phi) is 12.0. The minimum absolute atomic E-state index is 0.367. The van der Waals surface area contributed by atoms with Gasteiger partial charge < -0.3 is 19.1 Å². The number of hydrogen-bond acceptors (Lipinski definition) is 8. The van der Waals surface area contributed by atoms with Gasteiger partial charge in [-0.25, -0.2) is 4.98 Å². The largest absolute Gasteiger partial charge is 0.492 e. The smallest absolute Gasteiger partial charge is 0.219 e. The molecule has 0 N–H and O–H groups in total. The number of aldehydes is 1. The maximum Gasteiger partial charge on any atom is 0.219 e. The van der Waals surface area contributed by atoms with E-state index in [1.54, 1.807) is 18.3 Å². The second kappa shape index (κ2) is 17.2. The molecule has 8 nitrogen and oxygen atoms in total. The quantitative estimate of drug-likeness (QED) is 0.0844. The molecule has 2 aromatic heterocycles. The van der Waals surface area contributed by atoms with E-state index in [2.05, 4.69) is 56.2 Å². The number of carbonyl (C=O) groups is 1. The number of ether oxygens (including phenoxy) is 3. The zero-order valence-electron chi connectivity index (χ0n) is 29.3. The van der Waals surface area contributed by atoms with E-state index in [1.165, 1.54) is 11.1 Å². The highest BCUT2D eigenvalue weighted by molar-refractivity contribution is 6.32. The normalized spacial score (nSPS) is 13.6. The van der Waals surface area contributed by atoms with E-state index < -0.39 is 0 Å². The van der Waals surface area contributed by atoms with Gasteiger partial charge in [-0.05, 0) is 91.1 Å². The fraction of sp³-hybridized carbons (Fsp3) is 0.262. The molecule has 0 amide bonds. The molecule has 0 spiro atoms. The molecule has 1 saturated heterocycles. The Hall–Kier alpha value is -5.18. The molecule has 0 aliphatic carbocycles. The minimum atomic E-state index is 0.367. The molecule has 0 bridgehead atoms. The van der Waals surface area contributed by atoms with Crippen LogP contribution in [0.4, 0.5) is 0 Å². The Morgan fingerprint density at radius 3 is 2.27 bits per heavy atom. The van der Waals surface area contributed by atoms with Gasteiger partial charge in [-0.3, -0.25) is 14.7 Å². The predicted octanol–water partition coefficient (Wildman–Crippen LogP) is 8.41. The standard InChI is InChI=1S/C42H43ClN4O4/c1-30-25-35(26-31(2)42(30)51-41-16-15-37(27-44-41)50-29-36-8-6-7-32(3)45-36)39(17-23-48)47-21-19-46(20-22-47)28-34-13-11-33(12-14-34)18-24-49-40-10-5-4-9-38(40)43/h4-17,23,25-27H,18-22,24,28-29H2,1-3H3/b39-17-. The van der Waals surface area contributed by atoms with Crippen LogP contribution in [0.25, 0.3) is 5.70 Å². The molecule has 0 saturated carbocycles. The average molecular weight is 703 g/mol. The Morgan fingerprint density at radius 1 is 0.843 bits per heavy atom. The van der Waals surface area contributed by atoms with Crippen LogP contribution in [0, 0.1) is 20.8 Å². The summed E-state index contributed by atoms with van der Waals surface area (Å²) in [7, 11) is 0. The van der Waals surface area contributed by atoms with Gasteiger partial charge in [0, 0.05) is 62.7 Å². The van der Waals surface area contributed by atoms with Crippen LogP contribution in [0.1, 0.15) is 39.2 Å². The van der Waals surface area contributed by atoms with Crippen molar-refractivity contribution in [2.75, 3.05) is 32.8 Å². The molecule has 1 aliphatic rings. The number of nitrogens with zero attached hydrogens (tertiary/aromatic N) is 4. The summed E-state index contributed by atoms with van der Waals surface area (Å²) in [5.74, 6) is 2.58. The Bertz CT molecular complexity index is 1930. The first-order valence-corrected chi connectivity index (χ1v) is 17.6. The molecule has 9 heteroatoms. The van der Waals surface area contributed by atoms with Gasteiger partial charge in [0.15, 0.2) is 0 Å². The van der Waals surface area contributed by atoms with Gasteiger partial charge in [0.2, 0.25) is 5.88 Å². The summed E-state index contributed by atoms with van der Waals surface area (Å²) < 4.78 is 17.9. The first-order chi connectivity index (χ1) is 24.8. The van der Waals surface area contributed by atoms with Crippen molar-refractivity contribution in [3.05, 3.63) is 147 Å². The van der Waals surface area contributed by atoms with Crippen LogP contribution >= 0.6 is 11.6 Å². The van der Waals surface area contributed by atoms with Crippen molar-refractivity contribution in [2.45, 2.75) is 40.3 Å². The third-order valence-electron chi connectivity index (χ3n) is 8.86. The molecule has 1 aliphatic heterocycles. The molecule has 0 radical (unpaired) electrons. The molecule has 262 valence electrons. The van der Waals surface area contributed by atoms with Crippen LogP contribution in [0.2, 0.25) is 5.02 Å². The number of hydrogen-bond donors (Lipinski definition) is 0. The van der Waals surface area contributed by atoms with Gasteiger partial charge in [-0.1, -0.05) is 54.1 Å². The Balaban J connectivity index is 1.01. The molecule has 0 atom stereocenters. The monoisotopic (exact) mass is 702 g/mol. The number of benzene rings is 3. The van der Waals surface area contributed by atoms with Gasteiger partial charge in [-0.15, -0.1) is 0 Å². The van der Waals surface area contributed by atoms with Crippen LogP contribution < -0.4 is 14.2 Å². The van der Waals surface area contributed by atoms with Crippen molar-refractivity contribution >= 4 is 23.6 Å². The highest BCUT2D eigenvalue weighted by Crippen LogP contribution is 2.33. The number of allylic oxidation sites excluding steroid dienone is 1. The molecule has 5 aromatic rings. The third-order valence-corrected chi connectivity index (χ3v) is 9.17. The highest BCUT2D eigenvalue weighted by Gasteiger charge is 2.21. The van der Waals surface area contributed by atoms with Gasteiger partial charge >= 0.3 is 0 Å². The average Bonchev–Trinajstić information content (AvgIpc) is 3.14. The number of pyridine rings is 2. The third kappa shape index (κ3) is 9.75. The molecule has 1 fully saturated rings. The summed E-state index contributed by atoms with van der Waals surface area (Å²) in [4.78, 5) is 25.5. The fourth-order valence-electron chi connectivity index (χ4n) is 6.22. The lowest BCUT2D eigenvalue weighted by Crippen LogP contribution is -2.45. The van der Waals surface area contributed by atoms with Crippen LogP contribution in [-0.4, -0.2) is 58.8 Å². The molecule has 3 heterocycles. The molecule has 51 heavy (non-hydrogen) atoms. The van der Waals surface area contributed by atoms with Gasteiger partial charge in [-0.2, -0.15) is 0 Å². The summed E-state index contributed by atoms with van der Waals surface area (Å²) in [6, 6.07) is 30.0. The number of halogens is 1. The topological polar surface area (TPSA) is 77.0 Å². The maximum absolute atomic E-state index is 11.8. The SMILES string of the molecule is Cc1cccc(COc2ccc(Oc3c(C)cc(/C(=C/C=O)N4CCN(Cc5ccc(CCOc6ccccc6Cl)cc5)CC4)cc3C)nc2)n1. The second-order valence-corrected chi connectivity index (χ2v) is 13.1. The second-order valence-electron chi connectivity index (χ2n) is 12.7. The van der Waals surface area contributed by atoms with Crippen molar-refractivity contribution in [3.63, 3.8) is 0 Å². The van der Waals surface area contributed by atoms with Crippen LogP contribution in [0.3, 0.4) is 0 Å². The molecule has 3 aromatic carbocycles. The van der Waals surface area contributed by atoms with Crippen molar-refractivity contribution in [1.82, 2.24) is 19.8 Å². The number of aryl methyl sites for hydroxylation is 3. The number of piperazine rings is 1. The van der Waals surface area contributed by atoms with E-state index in [0.717, 1.165) is 85.0 Å². The molecule has 6 rings (SSSR count).